The number of carbonyl (C=O) groups excluding carboxylic acids is 1. The van der Waals surface area contributed by atoms with Crippen LogP contribution in [0.5, 0.6) is 0 Å². The molecule has 1 aromatic carbocycles. The topological polar surface area (TPSA) is 52.9 Å². The van der Waals surface area contributed by atoms with Gasteiger partial charge in [0.2, 0.25) is 0 Å². The Balaban J connectivity index is 2.31. The summed E-state index contributed by atoms with van der Waals surface area (Å²) in [5.74, 6) is -0.446. The molecule has 2 aromatic rings. The van der Waals surface area contributed by atoms with Crippen molar-refractivity contribution in [3.8, 4) is 6.07 Å². The Labute approximate surface area is 122 Å². The molecule has 0 fully saturated rings. The minimum absolute atomic E-state index is 0.0586. The van der Waals surface area contributed by atoms with E-state index in [4.69, 9.17) is 5.26 Å². The number of carbonyl (C=O) groups is 1. The highest BCUT2D eigenvalue weighted by Gasteiger charge is 2.31. The van der Waals surface area contributed by atoms with E-state index in [0.29, 0.717) is 4.88 Å². The van der Waals surface area contributed by atoms with Crippen LogP contribution in [0.3, 0.4) is 0 Å². The van der Waals surface area contributed by atoms with Crippen LogP contribution in [0.1, 0.15) is 26.4 Å². The van der Waals surface area contributed by atoms with Gasteiger partial charge in [0.25, 0.3) is 5.91 Å². The van der Waals surface area contributed by atoms with Gasteiger partial charge in [0.15, 0.2) is 0 Å². The summed E-state index contributed by atoms with van der Waals surface area (Å²) in [7, 11) is 0. The molecule has 0 spiro atoms. The van der Waals surface area contributed by atoms with Crippen LogP contribution in [-0.2, 0) is 6.18 Å². The smallest absolute Gasteiger partial charge is 0.320 e. The second kappa shape index (κ2) is 5.58. The molecule has 108 valence electrons. The lowest BCUT2D eigenvalue weighted by atomic mass is 10.1. The van der Waals surface area contributed by atoms with Crippen LogP contribution >= 0.6 is 11.3 Å². The van der Waals surface area contributed by atoms with Crippen LogP contribution in [0.2, 0.25) is 0 Å². The van der Waals surface area contributed by atoms with E-state index in [1.54, 1.807) is 24.4 Å². The third-order valence-electron chi connectivity index (χ3n) is 2.78. The van der Waals surface area contributed by atoms with Gasteiger partial charge in [0.1, 0.15) is 6.07 Å². The number of nitriles is 1. The van der Waals surface area contributed by atoms with Gasteiger partial charge in [0.05, 0.1) is 21.7 Å². The highest BCUT2D eigenvalue weighted by atomic mass is 32.1. The molecular weight excluding hydrogens is 301 g/mol. The van der Waals surface area contributed by atoms with Gasteiger partial charge < -0.3 is 5.32 Å². The summed E-state index contributed by atoms with van der Waals surface area (Å²) in [4.78, 5) is 12.5. The number of alkyl halides is 3. The normalized spacial score (nSPS) is 11.0. The fourth-order valence-corrected chi connectivity index (χ4v) is 2.53. The molecule has 1 heterocycles. The van der Waals surface area contributed by atoms with Gasteiger partial charge in [-0.05, 0) is 42.1 Å². The van der Waals surface area contributed by atoms with Crippen molar-refractivity contribution in [2.24, 2.45) is 0 Å². The zero-order valence-electron chi connectivity index (χ0n) is 10.8. The summed E-state index contributed by atoms with van der Waals surface area (Å²) in [6.07, 6.45) is -4.53. The highest BCUT2D eigenvalue weighted by Crippen LogP contribution is 2.32. The molecule has 0 saturated carbocycles. The number of amides is 1. The summed E-state index contributed by atoms with van der Waals surface area (Å²) >= 11 is 1.22. The van der Waals surface area contributed by atoms with E-state index in [-0.39, 0.29) is 11.3 Å². The Bertz CT molecular complexity index is 729. The fraction of sp³-hybridized carbons (Fsp3) is 0.143. The molecule has 1 amide bonds. The molecule has 1 N–H and O–H groups in total. The predicted molar refractivity (Wildman–Crippen MR) is 73.2 cm³/mol. The van der Waals surface area contributed by atoms with E-state index in [0.717, 1.165) is 23.8 Å². The van der Waals surface area contributed by atoms with Crippen LogP contribution in [0, 0.1) is 18.3 Å². The standard InChI is InChI=1S/C14H9F3N2OS/c1-8-4-5-21-12(8)13(20)19-11-3-2-10(14(15,16)17)6-9(11)7-18/h2-6H,1H3,(H,19,20). The maximum absolute atomic E-state index is 12.6. The molecular formula is C14H9F3N2OS. The second-order valence-electron chi connectivity index (χ2n) is 4.26. The van der Waals surface area contributed by atoms with E-state index >= 15 is 0 Å². The number of hydrogen-bond donors (Lipinski definition) is 1. The zero-order valence-corrected chi connectivity index (χ0v) is 11.6. The van der Waals surface area contributed by atoms with Crippen LogP contribution in [-0.4, -0.2) is 5.91 Å². The number of anilines is 1. The van der Waals surface area contributed by atoms with Crippen molar-refractivity contribution in [2.75, 3.05) is 5.32 Å². The summed E-state index contributed by atoms with van der Waals surface area (Å²) < 4.78 is 37.7. The Hall–Kier alpha value is -2.33. The van der Waals surface area contributed by atoms with E-state index in [1.165, 1.54) is 11.3 Å². The minimum atomic E-state index is -4.53. The molecule has 0 radical (unpaired) electrons. The lowest BCUT2D eigenvalue weighted by Gasteiger charge is -2.10. The zero-order chi connectivity index (χ0) is 15.6. The molecule has 1 aromatic heterocycles. The average Bonchev–Trinajstić information content (AvgIpc) is 2.84. The van der Waals surface area contributed by atoms with Gasteiger partial charge in [-0.1, -0.05) is 0 Å². The fourth-order valence-electron chi connectivity index (χ4n) is 1.71. The maximum atomic E-state index is 12.6. The molecule has 0 aliphatic rings. The minimum Gasteiger partial charge on any atom is -0.320 e. The number of nitrogens with zero attached hydrogens (tertiary/aromatic N) is 1. The van der Waals surface area contributed by atoms with Gasteiger partial charge >= 0.3 is 6.18 Å². The first-order valence-corrected chi connectivity index (χ1v) is 6.67. The first-order valence-electron chi connectivity index (χ1n) is 5.79. The van der Waals surface area contributed by atoms with E-state index < -0.39 is 17.6 Å². The third-order valence-corrected chi connectivity index (χ3v) is 3.80. The Kier molecular flexibility index (Phi) is 4.00. The number of nitrogens with one attached hydrogen (secondary N) is 1. The first kappa shape index (κ1) is 15.1. The molecule has 7 heteroatoms. The molecule has 0 saturated heterocycles. The van der Waals surface area contributed by atoms with Crippen molar-refractivity contribution in [2.45, 2.75) is 13.1 Å². The van der Waals surface area contributed by atoms with Gasteiger partial charge in [-0.15, -0.1) is 11.3 Å². The summed E-state index contributed by atoms with van der Waals surface area (Å²) in [5, 5.41) is 13.1. The van der Waals surface area contributed by atoms with Crippen molar-refractivity contribution < 1.29 is 18.0 Å². The van der Waals surface area contributed by atoms with Gasteiger partial charge in [-0.3, -0.25) is 4.79 Å². The first-order chi connectivity index (χ1) is 9.82. The van der Waals surface area contributed by atoms with Crippen LogP contribution < -0.4 is 5.32 Å². The van der Waals surface area contributed by atoms with Crippen molar-refractivity contribution >= 4 is 22.9 Å². The number of hydrogen-bond acceptors (Lipinski definition) is 3. The van der Waals surface area contributed by atoms with Crippen molar-refractivity contribution in [1.82, 2.24) is 0 Å². The van der Waals surface area contributed by atoms with E-state index in [1.807, 2.05) is 0 Å². The van der Waals surface area contributed by atoms with Crippen molar-refractivity contribution in [1.29, 1.82) is 5.26 Å². The molecule has 0 aliphatic carbocycles. The Morgan fingerprint density at radius 1 is 1.33 bits per heavy atom. The predicted octanol–water partition coefficient (Wildman–Crippen LogP) is 4.20. The van der Waals surface area contributed by atoms with Crippen molar-refractivity contribution in [3.63, 3.8) is 0 Å². The van der Waals surface area contributed by atoms with Gasteiger partial charge in [-0.2, -0.15) is 18.4 Å². The Morgan fingerprint density at radius 3 is 2.57 bits per heavy atom. The van der Waals surface area contributed by atoms with Gasteiger partial charge in [-0.25, -0.2) is 0 Å². The summed E-state index contributed by atoms with van der Waals surface area (Å²) in [5.41, 5.74) is -0.331. The van der Waals surface area contributed by atoms with Crippen molar-refractivity contribution in [3.05, 3.63) is 51.2 Å². The molecule has 0 atom stereocenters. The third kappa shape index (κ3) is 3.23. The average molecular weight is 310 g/mol. The monoisotopic (exact) mass is 310 g/mol. The number of halogens is 3. The molecule has 0 unspecified atom stereocenters. The van der Waals surface area contributed by atoms with Crippen LogP contribution in [0.25, 0.3) is 0 Å². The van der Waals surface area contributed by atoms with Crippen LogP contribution in [0.4, 0.5) is 18.9 Å². The van der Waals surface area contributed by atoms with Crippen LogP contribution in [0.15, 0.2) is 29.6 Å². The SMILES string of the molecule is Cc1ccsc1C(=O)Nc1ccc(C(F)(F)F)cc1C#N. The highest BCUT2D eigenvalue weighted by molar-refractivity contribution is 7.12. The quantitative estimate of drug-likeness (QED) is 0.904. The lowest BCUT2D eigenvalue weighted by molar-refractivity contribution is -0.137. The maximum Gasteiger partial charge on any atom is 0.416 e. The number of thiophene rings is 1. The molecule has 2 rings (SSSR count). The second-order valence-corrected chi connectivity index (χ2v) is 5.17. The number of aryl methyl sites for hydroxylation is 1. The Morgan fingerprint density at radius 2 is 2.05 bits per heavy atom. The van der Waals surface area contributed by atoms with E-state index in [9.17, 15) is 18.0 Å². The lowest BCUT2D eigenvalue weighted by Crippen LogP contribution is -2.13. The molecule has 21 heavy (non-hydrogen) atoms. The largest absolute Gasteiger partial charge is 0.416 e. The summed E-state index contributed by atoms with van der Waals surface area (Å²) in [6.45, 7) is 1.75. The van der Waals surface area contributed by atoms with E-state index in [2.05, 4.69) is 5.32 Å². The molecule has 0 aliphatic heterocycles. The number of rotatable bonds is 2. The summed E-state index contributed by atoms with van der Waals surface area (Å²) in [6, 6.07) is 6.06. The molecule has 0 bridgehead atoms. The molecule has 3 nitrogen and oxygen atoms in total. The van der Waals surface area contributed by atoms with Gasteiger partial charge in [0, 0.05) is 0 Å². The number of benzene rings is 1.